The molecule has 0 amide bonds. The molecule has 2 nitrogen and oxygen atoms in total. The molecule has 0 saturated heterocycles. The number of nitrogens with zero attached hydrogens (tertiary/aromatic N) is 1. The van der Waals surface area contributed by atoms with Crippen molar-refractivity contribution in [2.45, 2.75) is 19.2 Å². The Hall–Kier alpha value is -1.09. The van der Waals surface area contributed by atoms with Gasteiger partial charge < -0.3 is 4.52 Å². The lowest BCUT2D eigenvalue weighted by molar-refractivity contribution is 0.426. The number of alkyl halides is 1. The van der Waals surface area contributed by atoms with Crippen LogP contribution in [0.1, 0.15) is 16.8 Å². The van der Waals surface area contributed by atoms with E-state index in [4.69, 9.17) is 4.52 Å². The Morgan fingerprint density at radius 2 is 2.00 bits per heavy atom. The molecule has 1 heterocycles. The molecule has 0 radical (unpaired) electrons. The first-order valence-corrected chi connectivity index (χ1v) is 5.92. The topological polar surface area (TPSA) is 26.0 Å². The summed E-state index contributed by atoms with van der Waals surface area (Å²) in [5.41, 5.74) is 4.56. The van der Waals surface area contributed by atoms with Crippen molar-refractivity contribution in [1.29, 1.82) is 0 Å². The van der Waals surface area contributed by atoms with E-state index in [2.05, 4.69) is 53.1 Å². The molecule has 0 fully saturated rings. The summed E-state index contributed by atoms with van der Waals surface area (Å²) in [6.45, 7) is 4.20. The average Bonchev–Trinajstić information content (AvgIpc) is 2.70. The van der Waals surface area contributed by atoms with Gasteiger partial charge in [-0.05, 0) is 31.0 Å². The highest BCUT2D eigenvalue weighted by Crippen LogP contribution is 2.23. The summed E-state index contributed by atoms with van der Waals surface area (Å²) in [6, 6.07) is 8.23. The molecule has 0 aliphatic rings. The van der Waals surface area contributed by atoms with Crippen LogP contribution in [0.3, 0.4) is 0 Å². The molecular formula is C12H12BrNO. The minimum atomic E-state index is 0.724. The molecular weight excluding hydrogens is 254 g/mol. The van der Waals surface area contributed by atoms with Crippen molar-refractivity contribution in [3.63, 3.8) is 0 Å². The van der Waals surface area contributed by atoms with E-state index in [1.807, 2.05) is 6.07 Å². The minimum Gasteiger partial charge on any atom is -0.356 e. The highest BCUT2D eigenvalue weighted by atomic mass is 79.9. The van der Waals surface area contributed by atoms with Crippen molar-refractivity contribution in [2.75, 3.05) is 0 Å². The third-order valence-electron chi connectivity index (χ3n) is 2.49. The summed E-state index contributed by atoms with van der Waals surface area (Å²) in [6.07, 6.45) is 0. The zero-order valence-electron chi connectivity index (χ0n) is 8.75. The van der Waals surface area contributed by atoms with Gasteiger partial charge in [-0.1, -0.05) is 33.2 Å². The molecule has 3 heteroatoms. The molecule has 2 aromatic rings. The third kappa shape index (κ3) is 2.12. The quantitative estimate of drug-likeness (QED) is 0.771. The van der Waals surface area contributed by atoms with Crippen molar-refractivity contribution < 1.29 is 4.52 Å². The fourth-order valence-electron chi connectivity index (χ4n) is 1.41. The van der Waals surface area contributed by atoms with Gasteiger partial charge in [0, 0.05) is 17.0 Å². The number of hydrogen-bond donors (Lipinski definition) is 0. The van der Waals surface area contributed by atoms with Gasteiger partial charge in [0.05, 0.1) is 5.69 Å². The zero-order valence-corrected chi connectivity index (χ0v) is 10.3. The predicted molar refractivity (Wildman–Crippen MR) is 64.0 cm³/mol. The summed E-state index contributed by atoms with van der Waals surface area (Å²) in [5.74, 6) is 0.826. The van der Waals surface area contributed by atoms with E-state index in [0.717, 1.165) is 22.3 Å². The van der Waals surface area contributed by atoms with Gasteiger partial charge in [-0.2, -0.15) is 0 Å². The van der Waals surface area contributed by atoms with Crippen molar-refractivity contribution in [2.24, 2.45) is 0 Å². The second-order valence-electron chi connectivity index (χ2n) is 3.62. The summed E-state index contributed by atoms with van der Waals surface area (Å²) in [7, 11) is 0. The minimum absolute atomic E-state index is 0.724. The molecule has 0 aliphatic carbocycles. The van der Waals surface area contributed by atoms with Crippen LogP contribution in [0.15, 0.2) is 28.8 Å². The SMILES string of the molecule is Cc1ccc(-c2cc(CBr)no2)cc1C. The van der Waals surface area contributed by atoms with Gasteiger partial charge >= 0.3 is 0 Å². The summed E-state index contributed by atoms with van der Waals surface area (Å²) >= 11 is 3.35. The Bertz CT molecular complexity index is 476. The van der Waals surface area contributed by atoms with Crippen LogP contribution in [-0.4, -0.2) is 5.16 Å². The van der Waals surface area contributed by atoms with E-state index in [1.54, 1.807) is 0 Å². The van der Waals surface area contributed by atoms with E-state index in [0.29, 0.717) is 0 Å². The van der Waals surface area contributed by atoms with Crippen molar-refractivity contribution in [1.82, 2.24) is 5.16 Å². The van der Waals surface area contributed by atoms with Crippen LogP contribution in [0, 0.1) is 13.8 Å². The fourth-order valence-corrected chi connectivity index (χ4v) is 1.67. The molecule has 0 saturated carbocycles. The highest BCUT2D eigenvalue weighted by molar-refractivity contribution is 9.08. The largest absolute Gasteiger partial charge is 0.356 e. The molecule has 15 heavy (non-hydrogen) atoms. The Kier molecular flexibility index (Phi) is 2.91. The van der Waals surface area contributed by atoms with E-state index in [9.17, 15) is 0 Å². The number of aryl methyl sites for hydroxylation is 2. The maximum Gasteiger partial charge on any atom is 0.167 e. The van der Waals surface area contributed by atoms with E-state index >= 15 is 0 Å². The monoisotopic (exact) mass is 265 g/mol. The number of aromatic nitrogens is 1. The molecule has 0 bridgehead atoms. The number of halogens is 1. The summed E-state index contributed by atoms with van der Waals surface area (Å²) in [5, 5.41) is 4.66. The van der Waals surface area contributed by atoms with Crippen LogP contribution in [0.4, 0.5) is 0 Å². The second kappa shape index (κ2) is 4.19. The van der Waals surface area contributed by atoms with Gasteiger partial charge in [0.15, 0.2) is 5.76 Å². The van der Waals surface area contributed by atoms with Crippen LogP contribution >= 0.6 is 15.9 Å². The van der Waals surface area contributed by atoms with Crippen molar-refractivity contribution in [3.05, 3.63) is 41.1 Å². The molecule has 0 N–H and O–H groups in total. The molecule has 0 unspecified atom stereocenters. The first kappa shape index (κ1) is 10.4. The average molecular weight is 266 g/mol. The lowest BCUT2D eigenvalue weighted by Crippen LogP contribution is -1.81. The number of benzene rings is 1. The Balaban J connectivity index is 2.40. The Morgan fingerprint density at radius 1 is 1.20 bits per heavy atom. The van der Waals surface area contributed by atoms with E-state index in [1.165, 1.54) is 11.1 Å². The smallest absolute Gasteiger partial charge is 0.167 e. The third-order valence-corrected chi connectivity index (χ3v) is 3.06. The number of hydrogen-bond acceptors (Lipinski definition) is 2. The van der Waals surface area contributed by atoms with Crippen LogP contribution < -0.4 is 0 Å². The molecule has 1 aromatic carbocycles. The first-order valence-electron chi connectivity index (χ1n) is 4.80. The zero-order chi connectivity index (χ0) is 10.8. The summed E-state index contributed by atoms with van der Waals surface area (Å²) < 4.78 is 5.26. The first-order chi connectivity index (χ1) is 7.20. The second-order valence-corrected chi connectivity index (χ2v) is 4.18. The van der Waals surface area contributed by atoms with E-state index < -0.39 is 0 Å². The number of rotatable bonds is 2. The molecule has 0 spiro atoms. The van der Waals surface area contributed by atoms with Crippen LogP contribution in [0.5, 0.6) is 0 Å². The normalized spacial score (nSPS) is 10.6. The predicted octanol–water partition coefficient (Wildman–Crippen LogP) is 3.85. The van der Waals surface area contributed by atoms with Crippen LogP contribution in [0.25, 0.3) is 11.3 Å². The maximum atomic E-state index is 5.26. The van der Waals surface area contributed by atoms with Gasteiger partial charge in [0.2, 0.25) is 0 Å². The highest BCUT2D eigenvalue weighted by Gasteiger charge is 2.06. The standard InChI is InChI=1S/C12H12BrNO/c1-8-3-4-10(5-9(8)2)12-6-11(7-13)14-15-12/h3-6H,7H2,1-2H3. The molecule has 1 aromatic heterocycles. The van der Waals surface area contributed by atoms with Gasteiger partial charge in [-0.25, -0.2) is 0 Å². The maximum absolute atomic E-state index is 5.26. The van der Waals surface area contributed by atoms with Crippen LogP contribution in [-0.2, 0) is 5.33 Å². The lowest BCUT2D eigenvalue weighted by Gasteiger charge is -2.01. The Morgan fingerprint density at radius 3 is 2.60 bits per heavy atom. The molecule has 0 aliphatic heterocycles. The van der Waals surface area contributed by atoms with Crippen molar-refractivity contribution >= 4 is 15.9 Å². The fraction of sp³-hybridized carbons (Fsp3) is 0.250. The Labute approximate surface area is 97.4 Å². The lowest BCUT2D eigenvalue weighted by atomic mass is 10.0. The van der Waals surface area contributed by atoms with Gasteiger partial charge in [-0.15, -0.1) is 0 Å². The van der Waals surface area contributed by atoms with Gasteiger partial charge in [0.1, 0.15) is 0 Å². The summed E-state index contributed by atoms with van der Waals surface area (Å²) in [4.78, 5) is 0. The molecule has 78 valence electrons. The van der Waals surface area contributed by atoms with E-state index in [-0.39, 0.29) is 0 Å². The van der Waals surface area contributed by atoms with Crippen molar-refractivity contribution in [3.8, 4) is 11.3 Å². The van der Waals surface area contributed by atoms with Gasteiger partial charge in [0.25, 0.3) is 0 Å². The van der Waals surface area contributed by atoms with Crippen LogP contribution in [0.2, 0.25) is 0 Å². The van der Waals surface area contributed by atoms with Gasteiger partial charge in [-0.3, -0.25) is 0 Å². The molecule has 2 rings (SSSR count). The molecule has 0 atom stereocenters.